The Kier molecular flexibility index (Phi) is 3.66. The molecule has 2 aromatic rings. The van der Waals surface area contributed by atoms with E-state index in [1.807, 2.05) is 12.1 Å². The first-order chi connectivity index (χ1) is 8.67. The van der Waals surface area contributed by atoms with Crippen molar-refractivity contribution in [3.63, 3.8) is 0 Å². The fraction of sp³-hybridized carbons (Fsp3) is 0.167. The van der Waals surface area contributed by atoms with Gasteiger partial charge in [-0.05, 0) is 40.2 Å². The molecule has 0 saturated heterocycles. The fourth-order valence-electron chi connectivity index (χ4n) is 1.58. The molecule has 1 aromatic heterocycles. The summed E-state index contributed by atoms with van der Waals surface area (Å²) in [5.74, 6) is 1.72. The smallest absolute Gasteiger partial charge is 0.146 e. The van der Waals surface area contributed by atoms with Crippen molar-refractivity contribution in [3.8, 4) is 22.8 Å². The standard InChI is InChI=1S/C12H12BrN3O2/c1-17-9-5-3-7(12(18-2)11(9)13)8-4-6-10(14)16-15-8/h3-6H,1-2H3,(H2,14,16). The molecule has 1 heterocycles. The first-order valence-electron chi connectivity index (χ1n) is 5.17. The van der Waals surface area contributed by atoms with Gasteiger partial charge in [-0.1, -0.05) is 0 Å². The molecule has 0 atom stereocenters. The van der Waals surface area contributed by atoms with Crippen molar-refractivity contribution >= 4 is 21.7 Å². The highest BCUT2D eigenvalue weighted by atomic mass is 79.9. The molecule has 0 radical (unpaired) electrons. The van der Waals surface area contributed by atoms with E-state index in [2.05, 4.69) is 26.1 Å². The predicted molar refractivity (Wildman–Crippen MR) is 72.7 cm³/mol. The molecule has 0 unspecified atom stereocenters. The lowest BCUT2D eigenvalue weighted by Gasteiger charge is -2.12. The Morgan fingerprint density at radius 1 is 1.06 bits per heavy atom. The number of hydrogen-bond acceptors (Lipinski definition) is 5. The normalized spacial score (nSPS) is 10.2. The van der Waals surface area contributed by atoms with Gasteiger partial charge < -0.3 is 15.2 Å². The van der Waals surface area contributed by atoms with Gasteiger partial charge in [0, 0.05) is 5.56 Å². The molecule has 0 fully saturated rings. The zero-order valence-corrected chi connectivity index (χ0v) is 11.6. The first kappa shape index (κ1) is 12.6. The highest BCUT2D eigenvalue weighted by Gasteiger charge is 2.15. The summed E-state index contributed by atoms with van der Waals surface area (Å²) in [7, 11) is 3.19. The maximum Gasteiger partial charge on any atom is 0.146 e. The van der Waals surface area contributed by atoms with Gasteiger partial charge in [0.1, 0.15) is 21.8 Å². The van der Waals surface area contributed by atoms with Crippen LogP contribution in [0.25, 0.3) is 11.3 Å². The maximum atomic E-state index is 5.52. The van der Waals surface area contributed by atoms with Crippen LogP contribution in [-0.4, -0.2) is 24.4 Å². The van der Waals surface area contributed by atoms with Gasteiger partial charge in [-0.25, -0.2) is 0 Å². The minimum Gasteiger partial charge on any atom is -0.495 e. The quantitative estimate of drug-likeness (QED) is 0.943. The third kappa shape index (κ3) is 2.24. The van der Waals surface area contributed by atoms with Crippen LogP contribution in [0.3, 0.4) is 0 Å². The molecule has 2 N–H and O–H groups in total. The number of halogens is 1. The van der Waals surface area contributed by atoms with E-state index < -0.39 is 0 Å². The van der Waals surface area contributed by atoms with E-state index in [0.717, 1.165) is 10.0 Å². The Morgan fingerprint density at radius 3 is 2.39 bits per heavy atom. The molecular formula is C12H12BrN3O2. The average molecular weight is 310 g/mol. The lowest BCUT2D eigenvalue weighted by atomic mass is 10.1. The van der Waals surface area contributed by atoms with Crippen molar-refractivity contribution in [2.45, 2.75) is 0 Å². The number of nitrogen functional groups attached to an aromatic ring is 1. The van der Waals surface area contributed by atoms with Gasteiger partial charge in [0.15, 0.2) is 0 Å². The molecule has 0 aliphatic carbocycles. The number of rotatable bonds is 3. The van der Waals surface area contributed by atoms with Crippen LogP contribution in [0.15, 0.2) is 28.7 Å². The summed E-state index contributed by atoms with van der Waals surface area (Å²) in [6, 6.07) is 7.18. The molecule has 18 heavy (non-hydrogen) atoms. The molecule has 0 aliphatic heterocycles. The number of benzene rings is 1. The predicted octanol–water partition coefficient (Wildman–Crippen LogP) is 2.51. The van der Waals surface area contributed by atoms with Gasteiger partial charge in [-0.15, -0.1) is 10.2 Å². The van der Waals surface area contributed by atoms with Gasteiger partial charge >= 0.3 is 0 Å². The van der Waals surface area contributed by atoms with Gasteiger partial charge in [-0.2, -0.15) is 0 Å². The summed E-state index contributed by atoms with van der Waals surface area (Å²) >= 11 is 3.44. The second kappa shape index (κ2) is 5.22. The van der Waals surface area contributed by atoms with Crippen LogP contribution in [0.4, 0.5) is 5.82 Å². The second-order valence-corrected chi connectivity index (χ2v) is 4.30. The van der Waals surface area contributed by atoms with Gasteiger partial charge in [0.2, 0.25) is 0 Å². The van der Waals surface area contributed by atoms with Crippen LogP contribution < -0.4 is 15.2 Å². The summed E-state index contributed by atoms with van der Waals surface area (Å²) in [5.41, 5.74) is 7.02. The number of anilines is 1. The van der Waals surface area contributed by atoms with Crippen molar-refractivity contribution in [2.75, 3.05) is 20.0 Å². The number of methoxy groups -OCH3 is 2. The molecule has 0 spiro atoms. The SMILES string of the molecule is COc1ccc(-c2ccc(N)nn2)c(OC)c1Br. The molecule has 5 nitrogen and oxygen atoms in total. The molecule has 6 heteroatoms. The minimum absolute atomic E-state index is 0.380. The number of ether oxygens (including phenoxy) is 2. The topological polar surface area (TPSA) is 70.3 Å². The van der Waals surface area contributed by atoms with E-state index in [-0.39, 0.29) is 0 Å². The second-order valence-electron chi connectivity index (χ2n) is 3.51. The maximum absolute atomic E-state index is 5.52. The Morgan fingerprint density at radius 2 is 1.83 bits per heavy atom. The highest BCUT2D eigenvalue weighted by molar-refractivity contribution is 9.10. The third-order valence-electron chi connectivity index (χ3n) is 2.45. The summed E-state index contributed by atoms with van der Waals surface area (Å²) in [6.45, 7) is 0. The van der Waals surface area contributed by atoms with Crippen molar-refractivity contribution in [1.29, 1.82) is 0 Å². The number of aromatic nitrogens is 2. The summed E-state index contributed by atoms with van der Waals surface area (Å²) < 4.78 is 11.3. The molecule has 1 aromatic carbocycles. The molecule has 0 bridgehead atoms. The Labute approximate surface area is 113 Å². The third-order valence-corrected chi connectivity index (χ3v) is 3.20. The van der Waals surface area contributed by atoms with E-state index in [1.165, 1.54) is 0 Å². The van der Waals surface area contributed by atoms with Crippen LogP contribution in [0.5, 0.6) is 11.5 Å². The van der Waals surface area contributed by atoms with Crippen LogP contribution in [0, 0.1) is 0 Å². The van der Waals surface area contributed by atoms with Crippen LogP contribution in [-0.2, 0) is 0 Å². The zero-order chi connectivity index (χ0) is 13.1. The monoisotopic (exact) mass is 309 g/mol. The van der Waals surface area contributed by atoms with Crippen molar-refractivity contribution in [1.82, 2.24) is 10.2 Å². The van der Waals surface area contributed by atoms with Crippen molar-refractivity contribution in [2.24, 2.45) is 0 Å². The Bertz CT molecular complexity index is 558. The largest absolute Gasteiger partial charge is 0.495 e. The highest BCUT2D eigenvalue weighted by Crippen LogP contribution is 2.41. The molecule has 0 amide bonds. The van der Waals surface area contributed by atoms with E-state index in [0.29, 0.717) is 23.0 Å². The van der Waals surface area contributed by atoms with Gasteiger partial charge in [-0.3, -0.25) is 0 Å². The summed E-state index contributed by atoms with van der Waals surface area (Å²) in [5, 5.41) is 7.87. The minimum atomic E-state index is 0.380. The molecular weight excluding hydrogens is 298 g/mol. The van der Waals surface area contributed by atoms with Gasteiger partial charge in [0.25, 0.3) is 0 Å². The van der Waals surface area contributed by atoms with Crippen molar-refractivity contribution < 1.29 is 9.47 Å². The van der Waals surface area contributed by atoms with Gasteiger partial charge in [0.05, 0.1) is 19.9 Å². The number of nitrogens with zero attached hydrogens (tertiary/aromatic N) is 2. The van der Waals surface area contributed by atoms with E-state index >= 15 is 0 Å². The lowest BCUT2D eigenvalue weighted by molar-refractivity contribution is 0.390. The lowest BCUT2D eigenvalue weighted by Crippen LogP contribution is -1.97. The van der Waals surface area contributed by atoms with Crippen molar-refractivity contribution in [3.05, 3.63) is 28.7 Å². The number of nitrogens with two attached hydrogens (primary N) is 1. The molecule has 2 rings (SSSR count). The summed E-state index contributed by atoms with van der Waals surface area (Å²) in [4.78, 5) is 0. The van der Waals surface area contributed by atoms with E-state index in [9.17, 15) is 0 Å². The van der Waals surface area contributed by atoms with E-state index in [4.69, 9.17) is 15.2 Å². The zero-order valence-electron chi connectivity index (χ0n) is 9.98. The van der Waals surface area contributed by atoms with Crippen LogP contribution in [0.2, 0.25) is 0 Å². The Hall–Kier alpha value is -1.82. The van der Waals surface area contributed by atoms with Crippen LogP contribution >= 0.6 is 15.9 Å². The molecule has 0 saturated carbocycles. The molecule has 0 aliphatic rings. The average Bonchev–Trinajstić information content (AvgIpc) is 2.39. The van der Waals surface area contributed by atoms with Crippen LogP contribution in [0.1, 0.15) is 0 Å². The number of hydrogen-bond donors (Lipinski definition) is 1. The first-order valence-corrected chi connectivity index (χ1v) is 5.96. The fourth-order valence-corrected chi connectivity index (χ4v) is 2.25. The Balaban J connectivity index is 2.57. The summed E-state index contributed by atoms with van der Waals surface area (Å²) in [6.07, 6.45) is 0. The van der Waals surface area contributed by atoms with E-state index in [1.54, 1.807) is 26.4 Å². The molecule has 94 valence electrons.